The Morgan fingerprint density at radius 3 is 2.26 bits per heavy atom. The average molecular weight is 365 g/mol. The Bertz CT molecular complexity index is 538. The zero-order valence-electron chi connectivity index (χ0n) is 11.3. The van der Waals surface area contributed by atoms with Crippen LogP contribution < -0.4 is 24.0 Å². The third-order valence-electron chi connectivity index (χ3n) is 4.00. The van der Waals surface area contributed by atoms with E-state index in [1.165, 1.54) is 24.1 Å². The molecule has 0 aromatic heterocycles. The van der Waals surface area contributed by atoms with Gasteiger partial charge in [-0.05, 0) is 5.56 Å². The molecule has 0 aliphatic carbocycles. The highest BCUT2D eigenvalue weighted by molar-refractivity contribution is 5.27. The molecule has 0 amide bonds. The van der Waals surface area contributed by atoms with E-state index < -0.39 is 0 Å². The normalized spacial score (nSPS) is 21.3. The lowest BCUT2D eigenvalue weighted by Gasteiger charge is -2.38. The second-order valence-electron chi connectivity index (χ2n) is 5.66. The van der Waals surface area contributed by atoms with Gasteiger partial charge in [-0.25, -0.2) is 0 Å². The van der Waals surface area contributed by atoms with E-state index in [1.807, 2.05) is 0 Å². The third kappa shape index (κ3) is 3.37. The van der Waals surface area contributed by atoms with Crippen LogP contribution in [0.15, 0.2) is 54.6 Å². The lowest BCUT2D eigenvalue weighted by molar-refractivity contribution is -0.937. The number of likely N-dealkylation sites (N-methyl/N-ethyl adjacent to an activating group) is 1. The highest BCUT2D eigenvalue weighted by Crippen LogP contribution is 2.25. The number of rotatable bonds is 2. The molecule has 1 unspecified atom stereocenters. The van der Waals surface area contributed by atoms with Crippen LogP contribution in [-0.4, -0.2) is 18.1 Å². The van der Waals surface area contributed by atoms with E-state index in [0.717, 1.165) is 17.6 Å². The maximum absolute atomic E-state index is 2.38. The van der Waals surface area contributed by atoms with E-state index in [1.54, 1.807) is 5.56 Å². The van der Waals surface area contributed by atoms with E-state index in [2.05, 4.69) is 61.6 Å². The summed E-state index contributed by atoms with van der Waals surface area (Å²) in [4.78, 5) is 0. The highest BCUT2D eigenvalue weighted by Gasteiger charge is 2.28. The van der Waals surface area contributed by atoms with Gasteiger partial charge in [0.25, 0.3) is 0 Å². The molecule has 0 N–H and O–H groups in total. The number of quaternary nitrogens is 1. The van der Waals surface area contributed by atoms with Gasteiger partial charge in [0.15, 0.2) is 0 Å². The topological polar surface area (TPSA) is 0 Å². The maximum atomic E-state index is 2.38. The fourth-order valence-electron chi connectivity index (χ4n) is 3.00. The van der Waals surface area contributed by atoms with Crippen LogP contribution >= 0.6 is 0 Å². The van der Waals surface area contributed by atoms with Crippen LogP contribution in [0.5, 0.6) is 0 Å². The highest BCUT2D eigenvalue weighted by atomic mass is 127. The number of benzene rings is 2. The van der Waals surface area contributed by atoms with Crippen molar-refractivity contribution in [2.75, 3.05) is 13.6 Å². The summed E-state index contributed by atoms with van der Waals surface area (Å²) in [6.07, 6.45) is 1.21. The van der Waals surface area contributed by atoms with Crippen molar-refractivity contribution in [2.45, 2.75) is 19.5 Å². The van der Waals surface area contributed by atoms with E-state index >= 15 is 0 Å². The van der Waals surface area contributed by atoms with Crippen molar-refractivity contribution in [3.05, 3.63) is 71.3 Å². The number of halogens is 1. The molecule has 0 spiro atoms. The van der Waals surface area contributed by atoms with Gasteiger partial charge in [-0.2, -0.15) is 0 Å². The van der Waals surface area contributed by atoms with Crippen LogP contribution in [0.25, 0.3) is 0 Å². The molecule has 0 radical (unpaired) electrons. The standard InChI is InChI=1S/C17H20N.HI/c1-18(13-15-7-3-2-4-8-15)12-11-16-9-5-6-10-17(16)14-18;/h2-10H,11-14H2,1H3;1H/q+1;/p-1. The van der Waals surface area contributed by atoms with Crippen molar-refractivity contribution in [3.8, 4) is 0 Å². The Morgan fingerprint density at radius 2 is 1.53 bits per heavy atom. The Kier molecular flexibility index (Phi) is 4.63. The van der Waals surface area contributed by atoms with Crippen LogP contribution in [0.3, 0.4) is 0 Å². The summed E-state index contributed by atoms with van der Waals surface area (Å²) in [7, 11) is 2.38. The zero-order valence-corrected chi connectivity index (χ0v) is 13.5. The first kappa shape index (κ1) is 14.5. The Labute approximate surface area is 132 Å². The summed E-state index contributed by atoms with van der Waals surface area (Å²) in [5.41, 5.74) is 4.52. The monoisotopic (exact) mass is 365 g/mol. The Hall–Kier alpha value is -0.870. The van der Waals surface area contributed by atoms with Crippen molar-refractivity contribution >= 4 is 0 Å². The third-order valence-corrected chi connectivity index (χ3v) is 4.00. The van der Waals surface area contributed by atoms with Crippen LogP contribution in [-0.2, 0) is 19.5 Å². The molecule has 1 heterocycles. The summed E-state index contributed by atoms with van der Waals surface area (Å²) < 4.78 is 1.13. The molecule has 0 saturated heterocycles. The molecule has 0 fully saturated rings. The van der Waals surface area contributed by atoms with Gasteiger partial charge in [0.1, 0.15) is 13.1 Å². The van der Waals surface area contributed by atoms with Gasteiger partial charge in [-0.1, -0.05) is 54.6 Å². The SMILES string of the molecule is C[N+]1(Cc2ccccc2)CCc2ccccc2C1.[I-]. The first-order valence-electron chi connectivity index (χ1n) is 6.69. The molecule has 0 saturated carbocycles. The fraction of sp³-hybridized carbons (Fsp3) is 0.294. The first-order valence-corrected chi connectivity index (χ1v) is 6.69. The molecule has 2 aromatic carbocycles. The smallest absolute Gasteiger partial charge is 0.105 e. The molecular weight excluding hydrogens is 345 g/mol. The molecule has 1 aliphatic heterocycles. The molecule has 2 heteroatoms. The van der Waals surface area contributed by atoms with E-state index in [9.17, 15) is 0 Å². The van der Waals surface area contributed by atoms with E-state index in [-0.39, 0.29) is 24.0 Å². The minimum Gasteiger partial charge on any atom is -1.00 e. The maximum Gasteiger partial charge on any atom is 0.105 e. The van der Waals surface area contributed by atoms with Gasteiger partial charge in [0.2, 0.25) is 0 Å². The lowest BCUT2D eigenvalue weighted by Crippen LogP contribution is -3.00. The average Bonchev–Trinajstić information content (AvgIpc) is 2.39. The minimum atomic E-state index is 0. The summed E-state index contributed by atoms with van der Waals surface area (Å²) in [5.74, 6) is 0. The van der Waals surface area contributed by atoms with E-state index in [0.29, 0.717) is 0 Å². The van der Waals surface area contributed by atoms with Gasteiger partial charge < -0.3 is 28.5 Å². The summed E-state index contributed by atoms with van der Waals surface area (Å²) in [5, 5.41) is 0. The van der Waals surface area contributed by atoms with Crippen LogP contribution in [0, 0.1) is 0 Å². The molecule has 3 rings (SSSR count). The van der Waals surface area contributed by atoms with Crippen molar-refractivity contribution in [1.29, 1.82) is 0 Å². The van der Waals surface area contributed by atoms with Gasteiger partial charge in [-0.3, -0.25) is 0 Å². The summed E-state index contributed by atoms with van der Waals surface area (Å²) in [6, 6.07) is 19.7. The Morgan fingerprint density at radius 1 is 0.895 bits per heavy atom. The van der Waals surface area contributed by atoms with Gasteiger partial charge in [0.05, 0.1) is 13.6 Å². The van der Waals surface area contributed by atoms with Gasteiger partial charge >= 0.3 is 0 Å². The van der Waals surface area contributed by atoms with Crippen molar-refractivity contribution in [1.82, 2.24) is 0 Å². The lowest BCUT2D eigenvalue weighted by atomic mass is 9.97. The van der Waals surface area contributed by atoms with Crippen LogP contribution in [0.2, 0.25) is 0 Å². The molecule has 1 aliphatic rings. The largest absolute Gasteiger partial charge is 1.00 e. The van der Waals surface area contributed by atoms with Gasteiger partial charge in [0, 0.05) is 17.5 Å². The Balaban J connectivity index is 0.00000133. The minimum absolute atomic E-state index is 0. The molecule has 0 bridgehead atoms. The number of fused-ring (bicyclic) bond motifs is 1. The van der Waals surface area contributed by atoms with Crippen LogP contribution in [0.1, 0.15) is 16.7 Å². The fourth-order valence-corrected chi connectivity index (χ4v) is 3.00. The first-order chi connectivity index (χ1) is 8.75. The molecule has 100 valence electrons. The molecule has 19 heavy (non-hydrogen) atoms. The number of hydrogen-bond donors (Lipinski definition) is 0. The predicted molar refractivity (Wildman–Crippen MR) is 75.0 cm³/mol. The zero-order chi connectivity index (χ0) is 12.4. The predicted octanol–water partition coefficient (Wildman–Crippen LogP) is 0.393. The van der Waals surface area contributed by atoms with Crippen molar-refractivity contribution in [2.24, 2.45) is 0 Å². The van der Waals surface area contributed by atoms with Crippen molar-refractivity contribution < 1.29 is 28.5 Å². The second kappa shape index (κ2) is 6.06. The van der Waals surface area contributed by atoms with Crippen LogP contribution in [0.4, 0.5) is 0 Å². The molecule has 1 atom stereocenters. The summed E-state index contributed by atoms with van der Waals surface area (Å²) >= 11 is 0. The number of hydrogen-bond acceptors (Lipinski definition) is 0. The molecular formula is C17H20IN. The quantitative estimate of drug-likeness (QED) is 0.534. The second-order valence-corrected chi connectivity index (χ2v) is 5.66. The molecule has 2 aromatic rings. The summed E-state index contributed by atoms with van der Waals surface area (Å²) in [6.45, 7) is 3.53. The number of nitrogens with zero attached hydrogens (tertiary/aromatic N) is 1. The van der Waals surface area contributed by atoms with Gasteiger partial charge in [-0.15, -0.1) is 0 Å². The molecule has 1 nitrogen and oxygen atoms in total. The van der Waals surface area contributed by atoms with Crippen molar-refractivity contribution in [3.63, 3.8) is 0 Å². The van der Waals surface area contributed by atoms with E-state index in [4.69, 9.17) is 0 Å².